The molecular weight excluding hydrogens is 244 g/mol. The van der Waals surface area contributed by atoms with E-state index in [1.807, 2.05) is 0 Å². The lowest BCUT2D eigenvalue weighted by Crippen LogP contribution is -2.30. The van der Waals surface area contributed by atoms with Gasteiger partial charge in [-0.1, -0.05) is 45.0 Å². The molecule has 0 amide bonds. The number of benzene rings is 1. The van der Waals surface area contributed by atoms with Crippen molar-refractivity contribution in [2.75, 3.05) is 13.1 Å². The fraction of sp³-hybridized carbons (Fsp3) is 0.667. The Kier molecular flexibility index (Phi) is 3.64. The topological polar surface area (TPSA) is 29.3 Å². The minimum atomic E-state index is 0.234. The normalized spacial score (nSPS) is 28.0. The number of likely N-dealkylation sites (tertiary alicyclic amines) is 1. The summed E-state index contributed by atoms with van der Waals surface area (Å²) in [5.74, 6) is 0.635. The van der Waals surface area contributed by atoms with E-state index in [1.54, 1.807) is 0 Å². The minimum absolute atomic E-state index is 0.234. The smallest absolute Gasteiger partial charge is 0.0391 e. The second kappa shape index (κ2) is 5.16. The van der Waals surface area contributed by atoms with E-state index in [2.05, 4.69) is 49.9 Å². The summed E-state index contributed by atoms with van der Waals surface area (Å²) in [6.07, 6.45) is 4.03. The van der Waals surface area contributed by atoms with Gasteiger partial charge >= 0.3 is 0 Å². The molecule has 20 heavy (non-hydrogen) atoms. The quantitative estimate of drug-likeness (QED) is 0.913. The Hall–Kier alpha value is -0.860. The summed E-state index contributed by atoms with van der Waals surface area (Å²) in [7, 11) is 0. The summed E-state index contributed by atoms with van der Waals surface area (Å²) in [5.41, 5.74) is 9.14. The summed E-state index contributed by atoms with van der Waals surface area (Å²) >= 11 is 0. The Labute approximate surface area is 123 Å². The molecule has 1 aliphatic heterocycles. The number of nitrogens with zero attached hydrogens (tertiary/aromatic N) is 1. The van der Waals surface area contributed by atoms with E-state index in [9.17, 15) is 0 Å². The maximum absolute atomic E-state index is 6.02. The number of nitrogens with two attached hydrogens (primary N) is 1. The molecule has 1 aromatic carbocycles. The van der Waals surface area contributed by atoms with Crippen LogP contribution in [0.1, 0.15) is 57.2 Å². The Morgan fingerprint density at radius 2 is 1.75 bits per heavy atom. The molecule has 1 aliphatic carbocycles. The molecule has 2 fully saturated rings. The van der Waals surface area contributed by atoms with Crippen molar-refractivity contribution >= 4 is 0 Å². The largest absolute Gasteiger partial charge is 0.330 e. The second-order valence-corrected chi connectivity index (χ2v) is 7.57. The van der Waals surface area contributed by atoms with Gasteiger partial charge in [0.05, 0.1) is 0 Å². The number of hydrogen-bond acceptors (Lipinski definition) is 2. The van der Waals surface area contributed by atoms with E-state index in [1.165, 1.54) is 36.9 Å². The monoisotopic (exact) mass is 272 g/mol. The van der Waals surface area contributed by atoms with Gasteiger partial charge in [0.1, 0.15) is 0 Å². The van der Waals surface area contributed by atoms with Crippen LogP contribution in [0.5, 0.6) is 0 Å². The van der Waals surface area contributed by atoms with Crippen LogP contribution in [-0.4, -0.2) is 24.0 Å². The van der Waals surface area contributed by atoms with Crippen molar-refractivity contribution in [1.82, 2.24) is 4.90 Å². The van der Waals surface area contributed by atoms with Crippen molar-refractivity contribution in [1.29, 1.82) is 0 Å². The Balaban J connectivity index is 1.85. The molecule has 1 heterocycles. The highest BCUT2D eigenvalue weighted by atomic mass is 15.2. The van der Waals surface area contributed by atoms with Crippen LogP contribution in [-0.2, 0) is 5.41 Å². The lowest BCUT2D eigenvalue weighted by molar-refractivity contribution is 0.220. The molecule has 3 rings (SSSR count). The average Bonchev–Trinajstić information content (AvgIpc) is 3.17. The van der Waals surface area contributed by atoms with Crippen molar-refractivity contribution in [2.24, 2.45) is 11.7 Å². The third kappa shape index (κ3) is 2.64. The van der Waals surface area contributed by atoms with E-state index in [0.29, 0.717) is 12.0 Å². The van der Waals surface area contributed by atoms with E-state index in [-0.39, 0.29) is 5.41 Å². The maximum atomic E-state index is 6.02. The first-order valence-electron chi connectivity index (χ1n) is 8.07. The van der Waals surface area contributed by atoms with Gasteiger partial charge in [0.2, 0.25) is 0 Å². The van der Waals surface area contributed by atoms with Crippen LogP contribution >= 0.6 is 0 Å². The molecule has 2 atom stereocenters. The predicted molar refractivity (Wildman–Crippen MR) is 84.8 cm³/mol. The molecule has 110 valence electrons. The standard InChI is InChI=1S/C18H28N2/c1-18(2,3)15-6-4-13(5-7-15)17-14(12-19)10-11-20(17)16-8-9-16/h4-7,14,16-17H,8-12,19H2,1-3H3. The average molecular weight is 272 g/mol. The van der Waals surface area contributed by atoms with Gasteiger partial charge in [-0.25, -0.2) is 0 Å². The molecular formula is C18H28N2. The van der Waals surface area contributed by atoms with Gasteiger partial charge in [-0.2, -0.15) is 0 Å². The zero-order chi connectivity index (χ0) is 14.3. The van der Waals surface area contributed by atoms with Crippen molar-refractivity contribution in [3.63, 3.8) is 0 Å². The Morgan fingerprint density at radius 1 is 1.10 bits per heavy atom. The molecule has 2 N–H and O–H groups in total. The highest BCUT2D eigenvalue weighted by Gasteiger charge is 2.42. The molecule has 1 saturated heterocycles. The summed E-state index contributed by atoms with van der Waals surface area (Å²) in [6.45, 7) is 8.87. The van der Waals surface area contributed by atoms with Crippen LogP contribution in [0, 0.1) is 5.92 Å². The molecule has 2 unspecified atom stereocenters. The summed E-state index contributed by atoms with van der Waals surface area (Å²) in [4.78, 5) is 2.71. The van der Waals surface area contributed by atoms with E-state index in [0.717, 1.165) is 12.6 Å². The maximum Gasteiger partial charge on any atom is 0.0391 e. The molecule has 2 aliphatic rings. The first kappa shape index (κ1) is 14.1. The van der Waals surface area contributed by atoms with Gasteiger partial charge in [0.15, 0.2) is 0 Å². The van der Waals surface area contributed by atoms with E-state index >= 15 is 0 Å². The van der Waals surface area contributed by atoms with Crippen LogP contribution in [0.25, 0.3) is 0 Å². The zero-order valence-corrected chi connectivity index (χ0v) is 13.1. The fourth-order valence-corrected chi connectivity index (χ4v) is 3.59. The molecule has 0 bridgehead atoms. The molecule has 2 heteroatoms. The van der Waals surface area contributed by atoms with Crippen LogP contribution in [0.3, 0.4) is 0 Å². The zero-order valence-electron chi connectivity index (χ0n) is 13.1. The van der Waals surface area contributed by atoms with E-state index in [4.69, 9.17) is 5.73 Å². The molecule has 1 saturated carbocycles. The SMILES string of the molecule is CC(C)(C)c1ccc(C2C(CN)CCN2C2CC2)cc1. The first-order chi connectivity index (χ1) is 9.50. The van der Waals surface area contributed by atoms with Crippen LogP contribution in [0.4, 0.5) is 0 Å². The van der Waals surface area contributed by atoms with Crippen molar-refractivity contribution < 1.29 is 0 Å². The third-order valence-electron chi connectivity index (χ3n) is 5.00. The van der Waals surface area contributed by atoms with Crippen LogP contribution < -0.4 is 5.73 Å². The number of rotatable bonds is 3. The van der Waals surface area contributed by atoms with Gasteiger partial charge in [-0.05, 0) is 54.8 Å². The molecule has 0 spiro atoms. The van der Waals surface area contributed by atoms with Crippen molar-refractivity contribution in [3.05, 3.63) is 35.4 Å². The number of hydrogen-bond donors (Lipinski definition) is 1. The third-order valence-corrected chi connectivity index (χ3v) is 5.00. The first-order valence-corrected chi connectivity index (χ1v) is 8.07. The summed E-state index contributed by atoms with van der Waals surface area (Å²) in [5, 5.41) is 0. The van der Waals surface area contributed by atoms with E-state index < -0.39 is 0 Å². The summed E-state index contributed by atoms with van der Waals surface area (Å²) in [6, 6.07) is 10.7. The van der Waals surface area contributed by atoms with Crippen LogP contribution in [0.2, 0.25) is 0 Å². The van der Waals surface area contributed by atoms with Gasteiger partial charge in [-0.3, -0.25) is 4.90 Å². The highest BCUT2D eigenvalue weighted by Crippen LogP contribution is 2.44. The van der Waals surface area contributed by atoms with Crippen molar-refractivity contribution in [2.45, 2.75) is 57.5 Å². The second-order valence-electron chi connectivity index (χ2n) is 7.57. The predicted octanol–water partition coefficient (Wildman–Crippen LogP) is 3.47. The molecule has 0 aromatic heterocycles. The Bertz CT molecular complexity index is 453. The Morgan fingerprint density at radius 3 is 2.25 bits per heavy atom. The summed E-state index contributed by atoms with van der Waals surface area (Å²) < 4.78 is 0. The minimum Gasteiger partial charge on any atom is -0.330 e. The fourth-order valence-electron chi connectivity index (χ4n) is 3.59. The van der Waals surface area contributed by atoms with Gasteiger partial charge in [0, 0.05) is 12.1 Å². The highest BCUT2D eigenvalue weighted by molar-refractivity contribution is 5.30. The van der Waals surface area contributed by atoms with Gasteiger partial charge in [0.25, 0.3) is 0 Å². The van der Waals surface area contributed by atoms with Gasteiger partial charge in [-0.15, -0.1) is 0 Å². The van der Waals surface area contributed by atoms with Crippen LogP contribution in [0.15, 0.2) is 24.3 Å². The van der Waals surface area contributed by atoms with Crippen molar-refractivity contribution in [3.8, 4) is 0 Å². The lowest BCUT2D eigenvalue weighted by Gasteiger charge is -2.29. The molecule has 0 radical (unpaired) electrons. The lowest BCUT2D eigenvalue weighted by atomic mass is 9.85. The van der Waals surface area contributed by atoms with Gasteiger partial charge < -0.3 is 5.73 Å². The molecule has 1 aromatic rings. The molecule has 2 nitrogen and oxygen atoms in total.